The molecule has 0 spiro atoms. The van der Waals surface area contributed by atoms with Crippen LogP contribution >= 0.6 is 0 Å². The first-order valence-electron chi connectivity index (χ1n) is 11.2. The fourth-order valence-electron chi connectivity index (χ4n) is 4.68. The fourth-order valence-corrected chi connectivity index (χ4v) is 4.68. The lowest BCUT2D eigenvalue weighted by atomic mass is 9.86. The van der Waals surface area contributed by atoms with E-state index in [2.05, 4.69) is 60.6 Å². The van der Waals surface area contributed by atoms with Crippen LogP contribution in [-0.4, -0.2) is 37.5 Å². The van der Waals surface area contributed by atoms with Crippen molar-refractivity contribution in [3.63, 3.8) is 0 Å². The second kappa shape index (κ2) is 9.19. The minimum atomic E-state index is -0.330. The number of anilines is 1. The van der Waals surface area contributed by atoms with Gasteiger partial charge in [0.1, 0.15) is 6.04 Å². The molecule has 2 amide bonds. The quantitative estimate of drug-likeness (QED) is 0.792. The van der Waals surface area contributed by atoms with Gasteiger partial charge in [-0.1, -0.05) is 52.2 Å². The van der Waals surface area contributed by atoms with E-state index >= 15 is 0 Å². The predicted octanol–water partition coefficient (Wildman–Crippen LogP) is 3.76. The summed E-state index contributed by atoms with van der Waals surface area (Å²) in [4.78, 5) is 27.5. The Morgan fingerprint density at radius 2 is 1.76 bits per heavy atom. The van der Waals surface area contributed by atoms with Crippen molar-refractivity contribution in [3.8, 4) is 0 Å². The van der Waals surface area contributed by atoms with Crippen LogP contribution in [0.2, 0.25) is 0 Å². The largest absolute Gasteiger partial charge is 0.362 e. The first kappa shape index (κ1) is 21.7. The lowest BCUT2D eigenvalue weighted by Gasteiger charge is -2.38. The Morgan fingerprint density at radius 1 is 1.10 bits per heavy atom. The normalized spacial score (nSPS) is 21.9. The minimum absolute atomic E-state index is 0.0274. The van der Waals surface area contributed by atoms with E-state index in [1.807, 2.05) is 7.05 Å². The molecule has 1 saturated carbocycles. The van der Waals surface area contributed by atoms with Gasteiger partial charge in [-0.2, -0.15) is 0 Å². The summed E-state index contributed by atoms with van der Waals surface area (Å²) in [5.41, 5.74) is 2.39. The molecule has 0 radical (unpaired) electrons. The third-order valence-electron chi connectivity index (χ3n) is 6.51. The first-order chi connectivity index (χ1) is 13.8. The van der Waals surface area contributed by atoms with E-state index in [-0.39, 0.29) is 35.2 Å². The van der Waals surface area contributed by atoms with Crippen LogP contribution in [0, 0.1) is 5.92 Å². The van der Waals surface area contributed by atoms with Crippen molar-refractivity contribution < 1.29 is 9.59 Å². The maximum Gasteiger partial charge on any atom is 0.243 e. The Morgan fingerprint density at radius 3 is 2.34 bits per heavy atom. The topological polar surface area (TPSA) is 61.4 Å². The van der Waals surface area contributed by atoms with Crippen molar-refractivity contribution in [2.75, 3.05) is 18.5 Å². The van der Waals surface area contributed by atoms with Gasteiger partial charge in [0.05, 0.1) is 0 Å². The first-order valence-corrected chi connectivity index (χ1v) is 11.2. The monoisotopic (exact) mass is 399 g/mol. The molecule has 5 nitrogen and oxygen atoms in total. The van der Waals surface area contributed by atoms with E-state index in [4.69, 9.17) is 0 Å². The summed E-state index contributed by atoms with van der Waals surface area (Å²) in [5, 5.41) is 6.21. The number of hydrogen-bond acceptors (Lipinski definition) is 3. The molecular formula is C24H37N3O2. The van der Waals surface area contributed by atoms with E-state index < -0.39 is 0 Å². The van der Waals surface area contributed by atoms with Crippen LogP contribution in [0.25, 0.3) is 0 Å². The maximum absolute atomic E-state index is 13.4. The van der Waals surface area contributed by atoms with Gasteiger partial charge in [0.25, 0.3) is 0 Å². The van der Waals surface area contributed by atoms with E-state index in [0.29, 0.717) is 13.0 Å². The van der Waals surface area contributed by atoms with Crippen molar-refractivity contribution in [1.82, 2.24) is 10.6 Å². The predicted molar refractivity (Wildman–Crippen MR) is 118 cm³/mol. The molecule has 2 unspecified atom stereocenters. The van der Waals surface area contributed by atoms with Crippen LogP contribution < -0.4 is 15.5 Å². The number of carbonyl (C=O) groups is 2. The number of piperidine rings is 1. The van der Waals surface area contributed by atoms with Crippen molar-refractivity contribution in [3.05, 3.63) is 29.8 Å². The molecule has 2 atom stereocenters. The highest BCUT2D eigenvalue weighted by atomic mass is 16.2. The van der Waals surface area contributed by atoms with Crippen molar-refractivity contribution in [2.45, 2.75) is 83.2 Å². The van der Waals surface area contributed by atoms with Gasteiger partial charge < -0.3 is 15.5 Å². The third-order valence-corrected chi connectivity index (χ3v) is 6.51. The second-order valence-corrected chi connectivity index (χ2v) is 9.80. The van der Waals surface area contributed by atoms with Gasteiger partial charge in [-0.05, 0) is 48.3 Å². The third kappa shape index (κ3) is 5.52. The fraction of sp³-hybridized carbons (Fsp3) is 0.667. The molecule has 0 aromatic heterocycles. The van der Waals surface area contributed by atoms with Crippen LogP contribution in [0.5, 0.6) is 0 Å². The molecular weight excluding hydrogens is 362 g/mol. The number of carbonyl (C=O) groups excluding carboxylic acids is 2. The van der Waals surface area contributed by atoms with E-state index in [1.54, 1.807) is 0 Å². The number of amides is 2. The molecule has 3 rings (SSSR count). The Kier molecular flexibility index (Phi) is 6.86. The van der Waals surface area contributed by atoms with E-state index in [9.17, 15) is 9.59 Å². The van der Waals surface area contributed by atoms with Crippen molar-refractivity contribution in [2.24, 2.45) is 5.92 Å². The number of benzene rings is 1. The van der Waals surface area contributed by atoms with Gasteiger partial charge in [-0.15, -0.1) is 0 Å². The number of nitrogens with one attached hydrogen (secondary N) is 2. The summed E-state index contributed by atoms with van der Waals surface area (Å²) in [7, 11) is 1.99. The molecule has 2 fully saturated rings. The Bertz CT molecular complexity index is 702. The Hall–Kier alpha value is -2.04. The van der Waals surface area contributed by atoms with Crippen molar-refractivity contribution in [1.29, 1.82) is 0 Å². The maximum atomic E-state index is 13.4. The lowest BCUT2D eigenvalue weighted by Crippen LogP contribution is -2.55. The number of hydrogen-bond donors (Lipinski definition) is 2. The van der Waals surface area contributed by atoms with Gasteiger partial charge in [0, 0.05) is 31.7 Å². The molecule has 1 aromatic rings. The Labute approximate surface area is 175 Å². The molecule has 1 saturated heterocycles. The van der Waals surface area contributed by atoms with Gasteiger partial charge in [0.2, 0.25) is 11.8 Å². The van der Waals surface area contributed by atoms with Crippen LogP contribution in [-0.2, 0) is 15.0 Å². The zero-order valence-electron chi connectivity index (χ0n) is 18.5. The second-order valence-electron chi connectivity index (χ2n) is 9.80. The molecule has 2 N–H and O–H groups in total. The molecule has 1 heterocycles. The van der Waals surface area contributed by atoms with E-state index in [1.165, 1.54) is 24.8 Å². The van der Waals surface area contributed by atoms with Gasteiger partial charge in [-0.3, -0.25) is 9.59 Å². The zero-order chi connectivity index (χ0) is 21.0. The Balaban J connectivity index is 1.80. The van der Waals surface area contributed by atoms with Crippen LogP contribution in [0.3, 0.4) is 0 Å². The van der Waals surface area contributed by atoms with Crippen LogP contribution in [0.1, 0.15) is 71.3 Å². The minimum Gasteiger partial charge on any atom is -0.362 e. The molecule has 160 valence electrons. The van der Waals surface area contributed by atoms with E-state index in [0.717, 1.165) is 24.9 Å². The summed E-state index contributed by atoms with van der Waals surface area (Å²) < 4.78 is 0. The SMILES string of the molecule is CN(c1ccc(C(C)(C)C)cc1)C(C(=O)NC1CCCCC1)C1CCNC(=O)C1. The lowest BCUT2D eigenvalue weighted by molar-refractivity contribution is -0.127. The summed E-state index contributed by atoms with van der Waals surface area (Å²) in [6.45, 7) is 7.25. The van der Waals surface area contributed by atoms with Gasteiger partial charge in [0.15, 0.2) is 0 Å². The number of nitrogens with zero attached hydrogens (tertiary/aromatic N) is 1. The molecule has 1 aromatic carbocycles. The molecule has 5 heteroatoms. The molecule has 1 aliphatic heterocycles. The average molecular weight is 400 g/mol. The average Bonchev–Trinajstić information content (AvgIpc) is 2.68. The molecule has 2 aliphatic rings. The number of likely N-dealkylation sites (N-methyl/N-ethyl adjacent to an activating group) is 1. The molecule has 1 aliphatic carbocycles. The highest BCUT2D eigenvalue weighted by Crippen LogP contribution is 2.29. The van der Waals surface area contributed by atoms with Gasteiger partial charge in [-0.25, -0.2) is 0 Å². The molecule has 29 heavy (non-hydrogen) atoms. The standard InChI is InChI=1S/C24H37N3O2/c1-24(2,3)18-10-12-20(13-11-18)27(4)22(17-14-15-25-21(28)16-17)23(29)26-19-8-6-5-7-9-19/h10-13,17,19,22H,5-9,14-16H2,1-4H3,(H,25,28)(H,26,29). The molecule has 0 bridgehead atoms. The smallest absolute Gasteiger partial charge is 0.243 e. The van der Waals surface area contributed by atoms with Crippen LogP contribution in [0.4, 0.5) is 5.69 Å². The summed E-state index contributed by atoms with van der Waals surface area (Å²) >= 11 is 0. The summed E-state index contributed by atoms with van der Waals surface area (Å²) in [5.74, 6) is 0.145. The summed E-state index contributed by atoms with van der Waals surface area (Å²) in [6.07, 6.45) is 7.00. The highest BCUT2D eigenvalue weighted by molar-refractivity contribution is 5.87. The highest BCUT2D eigenvalue weighted by Gasteiger charge is 2.36. The van der Waals surface area contributed by atoms with Crippen LogP contribution in [0.15, 0.2) is 24.3 Å². The van der Waals surface area contributed by atoms with Gasteiger partial charge >= 0.3 is 0 Å². The zero-order valence-corrected chi connectivity index (χ0v) is 18.5. The van der Waals surface area contributed by atoms with Crippen molar-refractivity contribution >= 4 is 17.5 Å². The number of rotatable bonds is 5. The summed E-state index contributed by atoms with van der Waals surface area (Å²) in [6, 6.07) is 8.44.